The van der Waals surface area contributed by atoms with Gasteiger partial charge < -0.3 is 10.6 Å². The summed E-state index contributed by atoms with van der Waals surface area (Å²) in [4.78, 5) is 11.6. The van der Waals surface area contributed by atoms with Crippen molar-refractivity contribution < 1.29 is 4.79 Å². The third kappa shape index (κ3) is 3.44. The predicted octanol–water partition coefficient (Wildman–Crippen LogP) is 1.82. The van der Waals surface area contributed by atoms with Gasteiger partial charge in [-0.2, -0.15) is 0 Å². The van der Waals surface area contributed by atoms with Gasteiger partial charge in [0.2, 0.25) is 5.91 Å². The van der Waals surface area contributed by atoms with Crippen molar-refractivity contribution in [2.24, 2.45) is 11.8 Å². The van der Waals surface area contributed by atoms with Crippen molar-refractivity contribution in [3.05, 3.63) is 0 Å². The van der Waals surface area contributed by atoms with Crippen LogP contribution in [0.4, 0.5) is 0 Å². The topological polar surface area (TPSA) is 41.1 Å². The molecule has 0 heterocycles. The summed E-state index contributed by atoms with van der Waals surface area (Å²) in [6.45, 7) is 0.526. The van der Waals surface area contributed by atoms with E-state index in [9.17, 15) is 4.79 Å². The van der Waals surface area contributed by atoms with Gasteiger partial charge in [0.1, 0.15) is 0 Å². The summed E-state index contributed by atoms with van der Waals surface area (Å²) in [5.74, 6) is 2.17. The van der Waals surface area contributed by atoms with Crippen molar-refractivity contribution in [3.63, 3.8) is 0 Å². The molecule has 0 aromatic rings. The first-order valence-electron chi connectivity index (χ1n) is 7.34. The van der Waals surface area contributed by atoms with E-state index < -0.39 is 0 Å². The van der Waals surface area contributed by atoms with E-state index in [2.05, 4.69) is 10.6 Å². The van der Waals surface area contributed by atoms with Crippen LogP contribution in [0.5, 0.6) is 0 Å². The molecule has 3 saturated carbocycles. The maximum Gasteiger partial charge on any atom is 0.234 e. The SMILES string of the molecule is O=C(CNC1CCCC(C2CC2)C1)NC1CC1. The van der Waals surface area contributed by atoms with E-state index >= 15 is 0 Å². The molecule has 0 aromatic heterocycles. The van der Waals surface area contributed by atoms with Crippen molar-refractivity contribution in [2.45, 2.75) is 63.5 Å². The van der Waals surface area contributed by atoms with Gasteiger partial charge >= 0.3 is 0 Å². The molecule has 0 spiro atoms. The molecule has 3 aliphatic rings. The minimum atomic E-state index is 0.195. The molecule has 3 fully saturated rings. The molecule has 0 bridgehead atoms. The van der Waals surface area contributed by atoms with Crippen LogP contribution in [0.1, 0.15) is 51.4 Å². The molecule has 1 amide bonds. The second kappa shape index (κ2) is 4.97. The maximum absolute atomic E-state index is 11.6. The second-order valence-electron chi connectivity index (χ2n) is 6.18. The van der Waals surface area contributed by atoms with Gasteiger partial charge in [-0.05, 0) is 50.4 Å². The number of rotatable bonds is 5. The van der Waals surface area contributed by atoms with E-state index in [1.54, 1.807) is 0 Å². The fraction of sp³-hybridized carbons (Fsp3) is 0.929. The summed E-state index contributed by atoms with van der Waals surface area (Å²) in [6.07, 6.45) is 10.6. The van der Waals surface area contributed by atoms with E-state index in [0.29, 0.717) is 18.6 Å². The van der Waals surface area contributed by atoms with Gasteiger partial charge in [0.25, 0.3) is 0 Å². The lowest BCUT2D eigenvalue weighted by molar-refractivity contribution is -0.120. The lowest BCUT2D eigenvalue weighted by atomic mass is 9.83. The Morgan fingerprint density at radius 1 is 0.941 bits per heavy atom. The summed E-state index contributed by atoms with van der Waals surface area (Å²) in [7, 11) is 0. The quantitative estimate of drug-likeness (QED) is 0.764. The molecule has 3 nitrogen and oxygen atoms in total. The highest BCUT2D eigenvalue weighted by atomic mass is 16.2. The number of carbonyl (C=O) groups is 1. The minimum Gasteiger partial charge on any atom is -0.352 e. The number of hydrogen-bond acceptors (Lipinski definition) is 2. The standard InChI is InChI=1S/C14H24N2O/c17-14(16-12-6-7-12)9-15-13-3-1-2-11(8-13)10-4-5-10/h10-13,15H,1-9H2,(H,16,17). The van der Waals surface area contributed by atoms with Gasteiger partial charge in [-0.3, -0.25) is 4.79 Å². The van der Waals surface area contributed by atoms with E-state index in [4.69, 9.17) is 0 Å². The van der Waals surface area contributed by atoms with Crippen LogP contribution in [-0.2, 0) is 4.79 Å². The molecule has 17 heavy (non-hydrogen) atoms. The third-order valence-corrected chi connectivity index (χ3v) is 4.50. The van der Waals surface area contributed by atoms with E-state index in [1.165, 1.54) is 51.4 Å². The lowest BCUT2D eigenvalue weighted by Crippen LogP contribution is -2.42. The third-order valence-electron chi connectivity index (χ3n) is 4.50. The molecule has 96 valence electrons. The smallest absolute Gasteiger partial charge is 0.234 e. The van der Waals surface area contributed by atoms with Gasteiger partial charge in [-0.15, -0.1) is 0 Å². The first kappa shape index (κ1) is 11.5. The molecule has 0 aromatic carbocycles. The van der Waals surface area contributed by atoms with Crippen LogP contribution in [-0.4, -0.2) is 24.5 Å². The van der Waals surface area contributed by atoms with Crippen LogP contribution in [0.25, 0.3) is 0 Å². The van der Waals surface area contributed by atoms with Crippen molar-refractivity contribution in [2.75, 3.05) is 6.54 Å². The Hall–Kier alpha value is -0.570. The van der Waals surface area contributed by atoms with Crippen molar-refractivity contribution in [1.29, 1.82) is 0 Å². The second-order valence-corrected chi connectivity index (χ2v) is 6.18. The molecule has 2 atom stereocenters. The monoisotopic (exact) mass is 236 g/mol. The van der Waals surface area contributed by atoms with Crippen molar-refractivity contribution in [3.8, 4) is 0 Å². The first-order valence-corrected chi connectivity index (χ1v) is 7.34. The largest absolute Gasteiger partial charge is 0.352 e. The van der Waals surface area contributed by atoms with Crippen molar-refractivity contribution >= 4 is 5.91 Å². The Labute approximate surface area is 104 Å². The Bertz CT molecular complexity index is 284. The highest BCUT2D eigenvalue weighted by Gasteiger charge is 2.34. The van der Waals surface area contributed by atoms with Crippen LogP contribution >= 0.6 is 0 Å². The predicted molar refractivity (Wildman–Crippen MR) is 67.6 cm³/mol. The summed E-state index contributed by atoms with van der Waals surface area (Å²) >= 11 is 0. The number of amides is 1. The van der Waals surface area contributed by atoms with Gasteiger partial charge in [0.05, 0.1) is 6.54 Å². The zero-order valence-corrected chi connectivity index (χ0v) is 10.6. The van der Waals surface area contributed by atoms with Crippen molar-refractivity contribution in [1.82, 2.24) is 10.6 Å². The zero-order chi connectivity index (χ0) is 11.7. The maximum atomic E-state index is 11.6. The van der Waals surface area contributed by atoms with Crippen LogP contribution < -0.4 is 10.6 Å². The van der Waals surface area contributed by atoms with E-state index in [0.717, 1.165) is 11.8 Å². The molecule has 0 radical (unpaired) electrons. The molecule has 3 aliphatic carbocycles. The molecule has 2 unspecified atom stereocenters. The number of nitrogens with one attached hydrogen (secondary N) is 2. The van der Waals surface area contributed by atoms with Crippen LogP contribution in [0.15, 0.2) is 0 Å². The Balaban J connectivity index is 1.36. The zero-order valence-electron chi connectivity index (χ0n) is 10.6. The first-order chi connectivity index (χ1) is 8.31. The summed E-state index contributed by atoms with van der Waals surface area (Å²) < 4.78 is 0. The number of hydrogen-bond donors (Lipinski definition) is 2. The Morgan fingerprint density at radius 3 is 2.47 bits per heavy atom. The molecule has 2 N–H and O–H groups in total. The summed E-state index contributed by atoms with van der Waals surface area (Å²) in [5, 5.41) is 6.49. The van der Waals surface area contributed by atoms with Crippen LogP contribution in [0, 0.1) is 11.8 Å². The fourth-order valence-corrected chi connectivity index (χ4v) is 3.15. The van der Waals surface area contributed by atoms with Gasteiger partial charge in [0, 0.05) is 12.1 Å². The minimum absolute atomic E-state index is 0.195. The van der Waals surface area contributed by atoms with Gasteiger partial charge in [-0.1, -0.05) is 12.8 Å². The molecular weight excluding hydrogens is 212 g/mol. The molecule has 0 aliphatic heterocycles. The molecule has 3 rings (SSSR count). The highest BCUT2D eigenvalue weighted by molar-refractivity contribution is 5.78. The summed E-state index contributed by atoms with van der Waals surface area (Å²) in [5.41, 5.74) is 0. The lowest BCUT2D eigenvalue weighted by Gasteiger charge is -2.29. The summed E-state index contributed by atoms with van der Waals surface area (Å²) in [6, 6.07) is 1.09. The Kier molecular flexibility index (Phi) is 3.37. The highest BCUT2D eigenvalue weighted by Crippen LogP contribution is 2.43. The van der Waals surface area contributed by atoms with Gasteiger partial charge in [0.15, 0.2) is 0 Å². The fourth-order valence-electron chi connectivity index (χ4n) is 3.15. The van der Waals surface area contributed by atoms with Crippen LogP contribution in [0.2, 0.25) is 0 Å². The normalized spacial score (nSPS) is 33.4. The number of carbonyl (C=O) groups excluding carboxylic acids is 1. The van der Waals surface area contributed by atoms with Gasteiger partial charge in [-0.25, -0.2) is 0 Å². The molecule has 0 saturated heterocycles. The Morgan fingerprint density at radius 2 is 1.76 bits per heavy atom. The van der Waals surface area contributed by atoms with E-state index in [1.807, 2.05) is 0 Å². The average Bonchev–Trinajstić information content (AvgIpc) is 3.19. The average molecular weight is 236 g/mol. The van der Waals surface area contributed by atoms with Crippen LogP contribution in [0.3, 0.4) is 0 Å². The molecule has 3 heteroatoms. The molecular formula is C14H24N2O. The van der Waals surface area contributed by atoms with E-state index in [-0.39, 0.29) is 5.91 Å².